The molecule has 0 radical (unpaired) electrons. The summed E-state index contributed by atoms with van der Waals surface area (Å²) in [6.45, 7) is 1.96. The summed E-state index contributed by atoms with van der Waals surface area (Å²) >= 11 is 0. The average molecular weight is 275 g/mol. The number of nitrogens with two attached hydrogens (primary N) is 1. The first kappa shape index (κ1) is 13.3. The fourth-order valence-electron chi connectivity index (χ4n) is 3.26. The summed E-state index contributed by atoms with van der Waals surface area (Å²) in [5.74, 6) is 0.598. The van der Waals surface area contributed by atoms with Gasteiger partial charge in [0.15, 0.2) is 0 Å². The smallest absolute Gasteiger partial charge is 0.237 e. The number of nitrogens with zero attached hydrogens (tertiary/aromatic N) is 3. The molecule has 20 heavy (non-hydrogen) atoms. The van der Waals surface area contributed by atoms with E-state index < -0.39 is 0 Å². The third-order valence-electron chi connectivity index (χ3n) is 4.22. The van der Waals surface area contributed by atoms with Crippen molar-refractivity contribution in [3.63, 3.8) is 0 Å². The highest BCUT2D eigenvalue weighted by Gasteiger charge is 2.28. The number of amides is 1. The van der Waals surface area contributed by atoms with Crippen LogP contribution in [0.3, 0.4) is 0 Å². The van der Waals surface area contributed by atoms with Crippen LogP contribution in [-0.2, 0) is 17.8 Å². The zero-order chi connectivity index (χ0) is 13.9. The van der Waals surface area contributed by atoms with E-state index in [4.69, 9.17) is 5.73 Å². The highest BCUT2D eigenvalue weighted by Crippen LogP contribution is 2.30. The second-order valence-electron chi connectivity index (χ2n) is 5.58. The maximum Gasteiger partial charge on any atom is 0.237 e. The standard InChI is InChI=1S/C14H21N5O/c15-13(20)8-19(10-3-1-2-4-10)14-11-7-16-6-5-12(11)17-9-18-14/h9-10,16H,1-8H2,(H2,15,20). The molecule has 1 fully saturated rings. The number of carbonyl (C=O) groups excluding carboxylic acids is 1. The predicted molar refractivity (Wildman–Crippen MR) is 76.2 cm³/mol. The van der Waals surface area contributed by atoms with Crippen molar-refractivity contribution in [2.75, 3.05) is 18.0 Å². The fourth-order valence-corrected chi connectivity index (χ4v) is 3.26. The zero-order valence-electron chi connectivity index (χ0n) is 11.6. The molecule has 3 N–H and O–H groups in total. The van der Waals surface area contributed by atoms with Gasteiger partial charge in [-0.05, 0) is 12.8 Å². The Morgan fingerprint density at radius 1 is 1.40 bits per heavy atom. The Morgan fingerprint density at radius 2 is 2.20 bits per heavy atom. The topological polar surface area (TPSA) is 84.1 Å². The summed E-state index contributed by atoms with van der Waals surface area (Å²) in [5, 5.41) is 3.36. The van der Waals surface area contributed by atoms with Crippen LogP contribution in [0.15, 0.2) is 6.33 Å². The Bertz CT molecular complexity index is 498. The predicted octanol–water partition coefficient (Wildman–Crippen LogP) is 0.357. The van der Waals surface area contributed by atoms with Crippen LogP contribution < -0.4 is 16.0 Å². The number of fused-ring (bicyclic) bond motifs is 1. The number of hydrogen-bond donors (Lipinski definition) is 2. The largest absolute Gasteiger partial charge is 0.368 e. The van der Waals surface area contributed by atoms with Crippen LogP contribution in [0.25, 0.3) is 0 Å². The van der Waals surface area contributed by atoms with E-state index in [1.54, 1.807) is 6.33 Å². The van der Waals surface area contributed by atoms with Crippen molar-refractivity contribution in [2.45, 2.75) is 44.7 Å². The van der Waals surface area contributed by atoms with Crippen LogP contribution >= 0.6 is 0 Å². The Labute approximate surface area is 118 Å². The molecule has 1 amide bonds. The molecule has 1 aliphatic heterocycles. The van der Waals surface area contributed by atoms with Crippen LogP contribution in [0.1, 0.15) is 36.9 Å². The maximum absolute atomic E-state index is 11.4. The molecule has 0 unspecified atom stereocenters. The van der Waals surface area contributed by atoms with E-state index in [9.17, 15) is 4.79 Å². The summed E-state index contributed by atoms with van der Waals surface area (Å²) in [6.07, 6.45) is 7.18. The fraction of sp³-hybridized carbons (Fsp3) is 0.643. The molecule has 1 saturated carbocycles. The van der Waals surface area contributed by atoms with Crippen molar-refractivity contribution in [1.82, 2.24) is 15.3 Å². The second-order valence-corrected chi connectivity index (χ2v) is 5.58. The first-order valence-corrected chi connectivity index (χ1v) is 7.34. The van der Waals surface area contributed by atoms with Crippen molar-refractivity contribution in [2.24, 2.45) is 5.73 Å². The third kappa shape index (κ3) is 2.60. The van der Waals surface area contributed by atoms with Crippen molar-refractivity contribution in [1.29, 1.82) is 0 Å². The Kier molecular flexibility index (Phi) is 3.82. The second kappa shape index (κ2) is 5.75. The van der Waals surface area contributed by atoms with Gasteiger partial charge in [-0.1, -0.05) is 12.8 Å². The number of carbonyl (C=O) groups is 1. The molecule has 1 aliphatic carbocycles. The van der Waals surface area contributed by atoms with Crippen LogP contribution in [0, 0.1) is 0 Å². The molecule has 3 rings (SSSR count). The normalized spacial score (nSPS) is 18.8. The molecule has 0 saturated heterocycles. The van der Waals surface area contributed by atoms with Gasteiger partial charge in [0, 0.05) is 31.1 Å². The molecule has 108 valence electrons. The minimum Gasteiger partial charge on any atom is -0.368 e. The van der Waals surface area contributed by atoms with Gasteiger partial charge < -0.3 is 16.0 Å². The Hall–Kier alpha value is -1.69. The summed E-state index contributed by atoms with van der Waals surface area (Å²) in [4.78, 5) is 22.4. The third-order valence-corrected chi connectivity index (χ3v) is 4.22. The van der Waals surface area contributed by atoms with Crippen LogP contribution in [0.4, 0.5) is 5.82 Å². The van der Waals surface area contributed by atoms with Gasteiger partial charge in [0.2, 0.25) is 5.91 Å². The average Bonchev–Trinajstić information content (AvgIpc) is 2.98. The lowest BCUT2D eigenvalue weighted by molar-refractivity contribution is -0.116. The molecule has 6 heteroatoms. The number of primary amides is 1. The van der Waals surface area contributed by atoms with E-state index in [0.717, 1.165) is 49.4 Å². The molecule has 1 aromatic heterocycles. The van der Waals surface area contributed by atoms with E-state index in [2.05, 4.69) is 20.2 Å². The Balaban J connectivity index is 1.95. The monoisotopic (exact) mass is 275 g/mol. The number of hydrogen-bond acceptors (Lipinski definition) is 5. The van der Waals surface area contributed by atoms with Gasteiger partial charge in [-0.25, -0.2) is 9.97 Å². The number of rotatable bonds is 4. The van der Waals surface area contributed by atoms with Gasteiger partial charge in [0.25, 0.3) is 0 Å². The number of nitrogens with one attached hydrogen (secondary N) is 1. The molecular formula is C14H21N5O. The molecule has 0 atom stereocenters. The quantitative estimate of drug-likeness (QED) is 0.828. The van der Waals surface area contributed by atoms with Crippen molar-refractivity contribution >= 4 is 11.7 Å². The SMILES string of the molecule is NC(=O)CN(c1ncnc2c1CNCC2)C1CCCC1. The lowest BCUT2D eigenvalue weighted by Gasteiger charge is -2.32. The van der Waals surface area contributed by atoms with Gasteiger partial charge >= 0.3 is 0 Å². The summed E-state index contributed by atoms with van der Waals surface area (Å²) in [6, 6.07) is 0.378. The van der Waals surface area contributed by atoms with Crippen molar-refractivity contribution < 1.29 is 4.79 Å². The number of aromatic nitrogens is 2. The maximum atomic E-state index is 11.4. The van der Waals surface area contributed by atoms with Gasteiger partial charge in [-0.15, -0.1) is 0 Å². The van der Waals surface area contributed by atoms with E-state index in [-0.39, 0.29) is 12.5 Å². The molecule has 0 aromatic carbocycles. The van der Waals surface area contributed by atoms with E-state index >= 15 is 0 Å². The van der Waals surface area contributed by atoms with Crippen LogP contribution in [0.5, 0.6) is 0 Å². The highest BCUT2D eigenvalue weighted by atomic mass is 16.1. The minimum absolute atomic E-state index is 0.244. The first-order chi connectivity index (χ1) is 9.75. The van der Waals surface area contributed by atoms with E-state index in [1.165, 1.54) is 12.8 Å². The lowest BCUT2D eigenvalue weighted by Crippen LogP contribution is -2.42. The van der Waals surface area contributed by atoms with Gasteiger partial charge in [0.1, 0.15) is 12.1 Å². The van der Waals surface area contributed by atoms with Gasteiger partial charge in [-0.3, -0.25) is 4.79 Å². The summed E-state index contributed by atoms with van der Waals surface area (Å²) < 4.78 is 0. The van der Waals surface area contributed by atoms with E-state index in [1.807, 2.05) is 0 Å². The lowest BCUT2D eigenvalue weighted by atomic mass is 10.1. The molecule has 1 aromatic rings. The molecule has 6 nitrogen and oxygen atoms in total. The molecule has 2 aliphatic rings. The molecule has 0 bridgehead atoms. The highest BCUT2D eigenvalue weighted by molar-refractivity contribution is 5.79. The van der Waals surface area contributed by atoms with Crippen LogP contribution in [0.2, 0.25) is 0 Å². The van der Waals surface area contributed by atoms with Crippen LogP contribution in [-0.4, -0.2) is 35.0 Å². The Morgan fingerprint density at radius 3 is 2.95 bits per heavy atom. The minimum atomic E-state index is -0.298. The van der Waals surface area contributed by atoms with Gasteiger partial charge in [-0.2, -0.15) is 0 Å². The summed E-state index contributed by atoms with van der Waals surface area (Å²) in [7, 11) is 0. The van der Waals surface area contributed by atoms with E-state index in [0.29, 0.717) is 6.04 Å². The first-order valence-electron chi connectivity index (χ1n) is 7.34. The molecular weight excluding hydrogens is 254 g/mol. The van der Waals surface area contributed by atoms with Crippen molar-refractivity contribution in [3.05, 3.63) is 17.6 Å². The summed E-state index contributed by atoms with van der Waals surface area (Å²) in [5.41, 5.74) is 7.66. The van der Waals surface area contributed by atoms with Crippen molar-refractivity contribution in [3.8, 4) is 0 Å². The van der Waals surface area contributed by atoms with Gasteiger partial charge in [0.05, 0.1) is 12.2 Å². The zero-order valence-corrected chi connectivity index (χ0v) is 11.6. The number of anilines is 1. The molecule has 0 spiro atoms. The molecule has 2 heterocycles.